The number of pyridine rings is 1. The van der Waals surface area contributed by atoms with Gasteiger partial charge in [0.25, 0.3) is 11.8 Å². The Morgan fingerprint density at radius 2 is 1.92 bits per heavy atom. The van der Waals surface area contributed by atoms with E-state index in [-0.39, 0.29) is 24.1 Å². The summed E-state index contributed by atoms with van der Waals surface area (Å²) in [6.07, 6.45) is 8.34. The minimum absolute atomic E-state index is 0.149. The Labute approximate surface area is 310 Å². The molecule has 0 bridgehead atoms. The number of anilines is 2. The van der Waals surface area contributed by atoms with Crippen LogP contribution in [0.25, 0.3) is 10.9 Å². The van der Waals surface area contributed by atoms with Crippen molar-refractivity contribution >= 4 is 46.4 Å². The minimum Gasteiger partial charge on any atom is -0.494 e. The van der Waals surface area contributed by atoms with Crippen LogP contribution in [0.15, 0.2) is 54.7 Å². The Kier molecular flexibility index (Phi) is 10.8. The summed E-state index contributed by atoms with van der Waals surface area (Å²) in [4.78, 5) is 64.5. The highest BCUT2D eigenvalue weighted by molar-refractivity contribution is 6.05. The predicted octanol–water partition coefficient (Wildman–Crippen LogP) is 5.63. The smallest absolute Gasteiger partial charge is 0.257 e. The van der Waals surface area contributed by atoms with E-state index in [1.54, 1.807) is 11.9 Å². The van der Waals surface area contributed by atoms with E-state index >= 15 is 0 Å². The van der Waals surface area contributed by atoms with Crippen molar-refractivity contribution in [2.24, 2.45) is 5.92 Å². The summed E-state index contributed by atoms with van der Waals surface area (Å²) in [5.41, 5.74) is 6.20. The summed E-state index contributed by atoms with van der Waals surface area (Å²) in [7, 11) is 3.72. The van der Waals surface area contributed by atoms with Gasteiger partial charge in [0.1, 0.15) is 17.9 Å². The second kappa shape index (κ2) is 15.8. The zero-order valence-corrected chi connectivity index (χ0v) is 30.8. The molecular weight excluding hydrogens is 670 g/mol. The fourth-order valence-corrected chi connectivity index (χ4v) is 8.17. The number of aromatic nitrogens is 2. The highest BCUT2D eigenvalue weighted by atomic mass is 16.5. The number of nitrogens with zero attached hydrogens (tertiary/aromatic N) is 4. The topological polar surface area (TPSA) is 140 Å². The first kappa shape index (κ1) is 36.1. The average Bonchev–Trinajstić information content (AvgIpc) is 3.88. The Bertz CT molecular complexity index is 2000. The van der Waals surface area contributed by atoms with Crippen molar-refractivity contribution in [3.05, 3.63) is 82.7 Å². The summed E-state index contributed by atoms with van der Waals surface area (Å²) >= 11 is 0. The normalized spacial score (nSPS) is 18.3. The van der Waals surface area contributed by atoms with Crippen LogP contribution in [0.3, 0.4) is 0 Å². The molecule has 4 aromatic rings. The summed E-state index contributed by atoms with van der Waals surface area (Å²) in [5, 5.41) is 6.57. The van der Waals surface area contributed by atoms with E-state index in [0.29, 0.717) is 48.5 Å². The van der Waals surface area contributed by atoms with E-state index in [1.807, 2.05) is 49.5 Å². The van der Waals surface area contributed by atoms with Crippen molar-refractivity contribution in [3.63, 3.8) is 0 Å². The lowest BCUT2D eigenvalue weighted by Gasteiger charge is -2.34. The molecule has 3 N–H and O–H groups in total. The molecule has 0 spiro atoms. The van der Waals surface area contributed by atoms with Gasteiger partial charge in [0.2, 0.25) is 5.91 Å². The fraction of sp³-hybridized carbons (Fsp3) is 0.439. The molecule has 2 fully saturated rings. The fourth-order valence-electron chi connectivity index (χ4n) is 8.17. The van der Waals surface area contributed by atoms with Crippen molar-refractivity contribution in [3.8, 4) is 5.75 Å². The molecule has 2 aromatic carbocycles. The SMILES string of the molecule is CNC(=O)CCC(C=O)N1Cc2c(cccc2N2CCC(CCOc3ccc(C(=O)Nc4cc5[nH]c(C6CCCN6C)cc5cn4)c(C)c3)CC2)C1=O. The van der Waals surface area contributed by atoms with Gasteiger partial charge in [0, 0.05) is 84.9 Å². The number of hydrogen-bond acceptors (Lipinski definition) is 8. The number of ether oxygens (including phenoxy) is 1. The Hall–Kier alpha value is -5.23. The molecule has 2 atom stereocenters. The molecule has 12 nitrogen and oxygen atoms in total. The molecule has 3 aliphatic heterocycles. The zero-order valence-electron chi connectivity index (χ0n) is 30.8. The lowest BCUT2D eigenvalue weighted by atomic mass is 9.93. The third kappa shape index (κ3) is 7.78. The molecule has 2 aromatic heterocycles. The quantitative estimate of drug-likeness (QED) is 0.151. The summed E-state index contributed by atoms with van der Waals surface area (Å²) < 4.78 is 6.15. The van der Waals surface area contributed by atoms with Gasteiger partial charge in [-0.25, -0.2) is 4.98 Å². The molecule has 12 heteroatoms. The summed E-state index contributed by atoms with van der Waals surface area (Å²) in [6.45, 7) is 5.71. The van der Waals surface area contributed by atoms with Crippen LogP contribution < -0.4 is 20.3 Å². The van der Waals surface area contributed by atoms with Crippen molar-refractivity contribution in [2.75, 3.05) is 50.6 Å². The van der Waals surface area contributed by atoms with Gasteiger partial charge in [-0.15, -0.1) is 0 Å². The predicted molar refractivity (Wildman–Crippen MR) is 204 cm³/mol. The number of nitrogens with one attached hydrogen (secondary N) is 3. The van der Waals surface area contributed by atoms with E-state index in [0.717, 1.165) is 85.1 Å². The Morgan fingerprint density at radius 3 is 2.66 bits per heavy atom. The van der Waals surface area contributed by atoms with Crippen molar-refractivity contribution in [1.82, 2.24) is 25.1 Å². The van der Waals surface area contributed by atoms with Gasteiger partial charge in [-0.05, 0) is 107 Å². The van der Waals surface area contributed by atoms with Crippen molar-refractivity contribution in [2.45, 2.75) is 70.5 Å². The molecule has 0 radical (unpaired) electrons. The molecule has 5 heterocycles. The molecular formula is C41H49N7O5. The first-order valence-corrected chi connectivity index (χ1v) is 18.8. The third-order valence-corrected chi connectivity index (χ3v) is 11.3. The van der Waals surface area contributed by atoms with Crippen LogP contribution in [0.1, 0.15) is 88.5 Å². The van der Waals surface area contributed by atoms with Crippen LogP contribution in [-0.4, -0.2) is 90.2 Å². The number of hydrogen-bond donors (Lipinski definition) is 3. The Balaban J connectivity index is 0.886. The summed E-state index contributed by atoms with van der Waals surface area (Å²) in [5.74, 6) is 1.25. The van der Waals surface area contributed by atoms with Crippen LogP contribution in [0, 0.1) is 12.8 Å². The molecule has 0 aliphatic carbocycles. The number of aldehydes is 1. The highest BCUT2D eigenvalue weighted by Crippen LogP contribution is 2.36. The lowest BCUT2D eigenvalue weighted by molar-refractivity contribution is -0.121. The molecule has 3 amide bonds. The number of amides is 3. The third-order valence-electron chi connectivity index (χ3n) is 11.3. The van der Waals surface area contributed by atoms with E-state index in [2.05, 4.69) is 49.6 Å². The molecule has 2 saturated heterocycles. The maximum Gasteiger partial charge on any atom is 0.257 e. The zero-order chi connectivity index (χ0) is 37.1. The second-order valence-corrected chi connectivity index (χ2v) is 14.7. The number of H-pyrrole nitrogens is 1. The monoisotopic (exact) mass is 719 g/mol. The molecule has 0 saturated carbocycles. The van der Waals surface area contributed by atoms with Crippen LogP contribution in [0.5, 0.6) is 5.75 Å². The number of fused-ring (bicyclic) bond motifs is 2. The van der Waals surface area contributed by atoms with Crippen LogP contribution in [0.2, 0.25) is 0 Å². The number of carbonyl (C=O) groups is 4. The molecule has 2 unspecified atom stereocenters. The minimum atomic E-state index is -0.636. The maximum absolute atomic E-state index is 13.3. The number of benzene rings is 2. The van der Waals surface area contributed by atoms with Gasteiger partial charge in [0.15, 0.2) is 0 Å². The first-order chi connectivity index (χ1) is 25.7. The van der Waals surface area contributed by atoms with E-state index < -0.39 is 6.04 Å². The largest absolute Gasteiger partial charge is 0.494 e. The van der Waals surface area contributed by atoms with Crippen LogP contribution in [0.4, 0.5) is 11.5 Å². The molecule has 7 rings (SSSR count). The number of carbonyl (C=O) groups excluding carboxylic acids is 4. The number of rotatable bonds is 13. The number of likely N-dealkylation sites (tertiary alicyclic amines) is 1. The average molecular weight is 720 g/mol. The van der Waals surface area contributed by atoms with Gasteiger partial charge in [-0.2, -0.15) is 0 Å². The highest BCUT2D eigenvalue weighted by Gasteiger charge is 2.35. The molecule has 3 aliphatic rings. The second-order valence-electron chi connectivity index (χ2n) is 14.7. The lowest BCUT2D eigenvalue weighted by Crippen LogP contribution is -2.38. The Morgan fingerprint density at radius 1 is 1.09 bits per heavy atom. The van der Waals surface area contributed by atoms with Crippen LogP contribution in [-0.2, 0) is 16.1 Å². The van der Waals surface area contributed by atoms with Crippen molar-refractivity contribution < 1.29 is 23.9 Å². The van der Waals surface area contributed by atoms with Gasteiger partial charge >= 0.3 is 0 Å². The van der Waals surface area contributed by atoms with E-state index in [9.17, 15) is 19.2 Å². The first-order valence-electron chi connectivity index (χ1n) is 18.8. The standard InChI is InChI=1S/C41H49N7O5/c1-26-20-30(10-11-31(26)40(51)45-38-22-34-28(23-43-38)21-35(44-34)37-8-5-16-46(37)3)53-19-15-27-13-17-47(18-14-27)36-7-4-6-32-33(36)24-48(41(32)52)29(25-49)9-12-39(50)42-2/h4,6-7,10-11,20-23,25,27,29,37,44H,5,8-9,12-19,24H2,1-3H3,(H,42,50)(H,43,45,51). The molecule has 278 valence electrons. The maximum atomic E-state index is 13.3. The van der Waals surface area contributed by atoms with E-state index in [1.165, 1.54) is 12.1 Å². The summed E-state index contributed by atoms with van der Waals surface area (Å²) in [6, 6.07) is 15.2. The number of aromatic amines is 1. The van der Waals surface area contributed by atoms with Gasteiger partial charge in [-0.1, -0.05) is 6.07 Å². The van der Waals surface area contributed by atoms with Gasteiger partial charge < -0.3 is 34.9 Å². The van der Waals surface area contributed by atoms with Crippen molar-refractivity contribution in [1.29, 1.82) is 0 Å². The number of piperidine rings is 1. The molecule has 53 heavy (non-hydrogen) atoms. The van der Waals surface area contributed by atoms with Gasteiger partial charge in [0.05, 0.1) is 18.2 Å². The van der Waals surface area contributed by atoms with E-state index in [4.69, 9.17) is 4.74 Å². The number of aryl methyl sites for hydroxylation is 1. The van der Waals surface area contributed by atoms with Crippen LogP contribution >= 0.6 is 0 Å². The van der Waals surface area contributed by atoms with Gasteiger partial charge in [-0.3, -0.25) is 19.3 Å².